The molecule has 216 valence electrons. The van der Waals surface area contributed by atoms with Gasteiger partial charge in [-0.2, -0.15) is 0 Å². The lowest BCUT2D eigenvalue weighted by Crippen LogP contribution is -2.11. The molecule has 2 heteroatoms. The van der Waals surface area contributed by atoms with Crippen LogP contribution in [0.25, 0.3) is 65.7 Å². The van der Waals surface area contributed by atoms with E-state index >= 15 is 0 Å². The molecule has 0 aliphatic rings. The minimum Gasteiger partial charge on any atom is -0.455 e. The summed E-state index contributed by atoms with van der Waals surface area (Å²) in [4.78, 5) is 1.47. The minimum absolute atomic E-state index is 0.0194. The summed E-state index contributed by atoms with van der Waals surface area (Å²) in [6.07, 6.45) is 0. The van der Waals surface area contributed by atoms with Crippen LogP contribution in [0.2, 0.25) is 0 Å². The zero-order valence-electron chi connectivity index (χ0n) is 32.5. The third kappa shape index (κ3) is 4.35. The first kappa shape index (κ1) is 19.3. The largest absolute Gasteiger partial charge is 0.455 e. The number of hydrogen-bond acceptors (Lipinski definition) is 2. The van der Waals surface area contributed by atoms with E-state index in [9.17, 15) is 8.22 Å². The minimum atomic E-state index is -0.502. The van der Waals surface area contributed by atoms with Crippen LogP contribution in [0.5, 0.6) is 0 Å². The van der Waals surface area contributed by atoms with Crippen molar-refractivity contribution in [2.75, 3.05) is 4.90 Å². The van der Waals surface area contributed by atoms with Gasteiger partial charge in [-0.25, -0.2) is 0 Å². The van der Waals surface area contributed by atoms with Crippen LogP contribution in [0.3, 0.4) is 0 Å². The molecule has 0 saturated carbocycles. The molecule has 1 heterocycles. The SMILES string of the molecule is [2H]c1c([2H])c([2H])c(N(c2c([2H])c([2H])c(-c3ccc4ccccc4c3)c([2H])c2[2H])c2cccc3oc4c5ccccc5ccc4c23)c(-c2ccccc2)c1[2H]. The van der Waals surface area contributed by atoms with Crippen LogP contribution < -0.4 is 4.90 Å². The fourth-order valence-corrected chi connectivity index (χ4v) is 6.27. The van der Waals surface area contributed by atoms with Gasteiger partial charge in [0.15, 0.2) is 0 Å². The molecule has 0 aliphatic heterocycles. The quantitative estimate of drug-likeness (QED) is 0.197. The predicted octanol–water partition coefficient (Wildman–Crippen LogP) is 12.7. The van der Waals surface area contributed by atoms with E-state index in [1.807, 2.05) is 84.9 Å². The highest BCUT2D eigenvalue weighted by atomic mass is 16.3. The second-order valence-electron chi connectivity index (χ2n) is 11.1. The Hall–Kier alpha value is -6.12. The maximum absolute atomic E-state index is 9.60. The van der Waals surface area contributed by atoms with E-state index < -0.39 is 18.1 Å². The number of rotatable bonds is 5. The van der Waals surface area contributed by atoms with E-state index in [0.717, 1.165) is 26.9 Å². The van der Waals surface area contributed by atoms with Crippen molar-refractivity contribution in [3.05, 3.63) is 176 Å². The summed E-state index contributed by atoms with van der Waals surface area (Å²) in [6.45, 7) is 0. The van der Waals surface area contributed by atoms with E-state index in [1.54, 1.807) is 42.5 Å². The summed E-state index contributed by atoms with van der Waals surface area (Å²) in [5.41, 5.74) is 2.54. The van der Waals surface area contributed by atoms with Crippen molar-refractivity contribution >= 4 is 60.5 Å². The first-order chi connectivity index (χ1) is 26.2. The molecule has 0 fully saturated rings. The molecule has 0 spiro atoms. The monoisotopic (exact) mass is 595 g/mol. The fraction of sp³-hybridized carbons (Fsp3) is 0. The number of para-hydroxylation sites is 1. The summed E-state index contributed by atoms with van der Waals surface area (Å²) in [7, 11) is 0. The molecule has 9 aromatic rings. The van der Waals surface area contributed by atoms with Crippen molar-refractivity contribution in [3.8, 4) is 22.3 Å². The van der Waals surface area contributed by atoms with Crippen LogP contribution in [-0.4, -0.2) is 0 Å². The van der Waals surface area contributed by atoms with E-state index in [0.29, 0.717) is 33.4 Å². The van der Waals surface area contributed by atoms with E-state index in [-0.39, 0.29) is 52.7 Å². The number of nitrogens with zero attached hydrogens (tertiary/aromatic N) is 1. The molecule has 1 aromatic heterocycles. The van der Waals surface area contributed by atoms with Crippen LogP contribution >= 0.6 is 0 Å². The Morgan fingerprint density at radius 2 is 1.22 bits per heavy atom. The van der Waals surface area contributed by atoms with Crippen molar-refractivity contribution in [2.24, 2.45) is 0 Å². The Kier molecular flexibility index (Phi) is 4.53. The average Bonchev–Trinajstić information content (AvgIpc) is 3.60. The molecule has 0 bridgehead atoms. The topological polar surface area (TPSA) is 16.4 Å². The molecule has 2 nitrogen and oxygen atoms in total. The van der Waals surface area contributed by atoms with Gasteiger partial charge in [0.2, 0.25) is 0 Å². The molecule has 8 aromatic carbocycles. The first-order valence-electron chi connectivity index (χ1n) is 19.0. The molecule has 0 unspecified atom stereocenters. The number of benzene rings is 8. The smallest absolute Gasteiger partial charge is 0.143 e. The van der Waals surface area contributed by atoms with Crippen LogP contribution in [0.4, 0.5) is 17.1 Å². The Balaban J connectivity index is 1.43. The van der Waals surface area contributed by atoms with Crippen molar-refractivity contribution in [1.82, 2.24) is 0 Å². The molecule has 9 rings (SSSR count). The summed E-state index contributed by atoms with van der Waals surface area (Å²) < 4.78 is 80.7. The average molecular weight is 596 g/mol. The van der Waals surface area contributed by atoms with Gasteiger partial charge in [-0.05, 0) is 75.2 Å². The summed E-state index contributed by atoms with van der Waals surface area (Å²) >= 11 is 0. The third-order valence-corrected chi connectivity index (χ3v) is 8.43. The van der Waals surface area contributed by atoms with E-state index in [2.05, 4.69) is 0 Å². The molecule has 0 saturated heterocycles. The molecule has 0 aliphatic carbocycles. The standard InChI is InChI=1S/C44H29NO/c1-2-12-32(13-3-1)37-16-8-9-18-40(37)45(36-26-23-31(24-27-36)35-22-21-30-11-4-5-15-34(30)29-35)41-19-10-20-42-43(41)39-28-25-33-14-6-7-17-38(33)44(39)46-42/h1-29H/i8D,9D,16D,18D,23D,24D,26D,27D. The highest BCUT2D eigenvalue weighted by Crippen LogP contribution is 2.46. The van der Waals surface area contributed by atoms with Crippen LogP contribution in [0, 0.1) is 0 Å². The molecule has 46 heavy (non-hydrogen) atoms. The summed E-state index contributed by atoms with van der Waals surface area (Å²) in [6, 6.07) is 36.2. The van der Waals surface area contributed by atoms with Gasteiger partial charge in [0.05, 0.1) is 27.7 Å². The van der Waals surface area contributed by atoms with Gasteiger partial charge in [0, 0.05) is 22.0 Å². The molecule has 0 radical (unpaired) electrons. The van der Waals surface area contributed by atoms with Crippen molar-refractivity contribution in [1.29, 1.82) is 0 Å². The fourth-order valence-electron chi connectivity index (χ4n) is 6.27. The number of anilines is 3. The van der Waals surface area contributed by atoms with Gasteiger partial charge >= 0.3 is 0 Å². The predicted molar refractivity (Wildman–Crippen MR) is 194 cm³/mol. The lowest BCUT2D eigenvalue weighted by atomic mass is 9.99. The van der Waals surface area contributed by atoms with Gasteiger partial charge in [-0.15, -0.1) is 0 Å². The molecular weight excluding hydrogens is 558 g/mol. The van der Waals surface area contributed by atoms with Crippen LogP contribution in [0.15, 0.2) is 180 Å². The van der Waals surface area contributed by atoms with Gasteiger partial charge in [-0.1, -0.05) is 133 Å². The highest BCUT2D eigenvalue weighted by molar-refractivity contribution is 6.19. The normalized spacial score (nSPS) is 13.9. The number of fused-ring (bicyclic) bond motifs is 6. The molecular formula is C44H29NO. The second kappa shape index (κ2) is 10.8. The van der Waals surface area contributed by atoms with Crippen molar-refractivity contribution < 1.29 is 15.4 Å². The highest BCUT2D eigenvalue weighted by Gasteiger charge is 2.22. The number of furan rings is 1. The maximum atomic E-state index is 9.60. The Morgan fingerprint density at radius 1 is 0.478 bits per heavy atom. The summed E-state index contributed by atoms with van der Waals surface area (Å²) in [5.74, 6) is 0. The van der Waals surface area contributed by atoms with Crippen molar-refractivity contribution in [3.63, 3.8) is 0 Å². The molecule has 0 amide bonds. The zero-order chi connectivity index (χ0) is 37.4. The Bertz CT molecular complexity index is 2970. The van der Waals surface area contributed by atoms with Crippen LogP contribution in [-0.2, 0) is 0 Å². The Labute approximate surface area is 278 Å². The van der Waals surface area contributed by atoms with Crippen LogP contribution in [0.1, 0.15) is 11.0 Å². The molecule has 0 N–H and O–H groups in total. The van der Waals surface area contributed by atoms with Gasteiger partial charge < -0.3 is 9.32 Å². The number of hydrogen-bond donors (Lipinski definition) is 0. The zero-order valence-corrected chi connectivity index (χ0v) is 24.5. The second-order valence-corrected chi connectivity index (χ2v) is 11.1. The first-order valence-corrected chi connectivity index (χ1v) is 15.0. The van der Waals surface area contributed by atoms with E-state index in [4.69, 9.17) is 7.16 Å². The summed E-state index contributed by atoms with van der Waals surface area (Å²) in [5, 5.41) is 5.00. The lowest BCUT2D eigenvalue weighted by Gasteiger charge is -2.28. The van der Waals surface area contributed by atoms with Gasteiger partial charge in [0.1, 0.15) is 11.2 Å². The van der Waals surface area contributed by atoms with Crippen molar-refractivity contribution in [2.45, 2.75) is 0 Å². The Morgan fingerprint density at radius 3 is 2.09 bits per heavy atom. The lowest BCUT2D eigenvalue weighted by molar-refractivity contribution is 0.672. The third-order valence-electron chi connectivity index (χ3n) is 8.43. The molecule has 0 atom stereocenters. The van der Waals surface area contributed by atoms with Gasteiger partial charge in [-0.3, -0.25) is 0 Å². The maximum Gasteiger partial charge on any atom is 0.143 e. The van der Waals surface area contributed by atoms with Gasteiger partial charge in [0.25, 0.3) is 0 Å². The van der Waals surface area contributed by atoms with E-state index in [1.165, 1.54) is 4.90 Å².